The number of hydrogen-bond acceptors (Lipinski definition) is 6. The Kier molecular flexibility index (Phi) is 6.40. The molecule has 2 heterocycles. The maximum absolute atomic E-state index is 13.3. The Morgan fingerprint density at radius 1 is 1.06 bits per heavy atom. The molecule has 0 fully saturated rings. The van der Waals surface area contributed by atoms with E-state index in [1.54, 1.807) is 23.6 Å². The lowest BCUT2D eigenvalue weighted by Crippen LogP contribution is -2.22. The molecule has 0 aliphatic carbocycles. The molecule has 0 aliphatic heterocycles. The topological polar surface area (TPSA) is 59.0 Å². The maximum atomic E-state index is 13.3. The molecule has 170 valence electrons. The lowest BCUT2D eigenvalue weighted by molar-refractivity contribution is -0.145. The molecule has 4 rings (SSSR count). The number of para-hydroxylation sites is 1. The number of alkyl halides is 3. The van der Waals surface area contributed by atoms with E-state index in [1.165, 1.54) is 29.2 Å². The number of hydrogen-bond donors (Lipinski definition) is 0. The number of carbonyl (C=O) groups is 1. The Labute approximate surface area is 196 Å². The summed E-state index contributed by atoms with van der Waals surface area (Å²) < 4.78 is 39.8. The van der Waals surface area contributed by atoms with Crippen LogP contribution in [0.3, 0.4) is 0 Å². The minimum atomic E-state index is -4.64. The molecular formula is C23H19F3N4OS2. The van der Waals surface area contributed by atoms with Crippen LogP contribution in [-0.4, -0.2) is 20.9 Å². The third-order valence-corrected chi connectivity index (χ3v) is 6.87. The van der Waals surface area contributed by atoms with Crippen LogP contribution in [0.4, 0.5) is 24.0 Å². The van der Waals surface area contributed by atoms with Crippen molar-refractivity contribution < 1.29 is 18.0 Å². The van der Waals surface area contributed by atoms with Crippen molar-refractivity contribution in [3.8, 4) is 0 Å². The number of thiazole rings is 1. The Morgan fingerprint density at radius 2 is 1.82 bits per heavy atom. The Bertz CT molecular complexity index is 1340. The van der Waals surface area contributed by atoms with E-state index in [0.29, 0.717) is 22.0 Å². The Balaban J connectivity index is 1.61. The van der Waals surface area contributed by atoms with E-state index in [2.05, 4.69) is 15.0 Å². The average Bonchev–Trinajstić information content (AvgIpc) is 3.22. The monoisotopic (exact) mass is 488 g/mol. The van der Waals surface area contributed by atoms with Gasteiger partial charge in [-0.15, -0.1) is 11.3 Å². The van der Waals surface area contributed by atoms with Gasteiger partial charge in [0.25, 0.3) is 0 Å². The zero-order valence-electron chi connectivity index (χ0n) is 18.0. The highest BCUT2D eigenvalue weighted by atomic mass is 32.2. The first kappa shape index (κ1) is 23.2. The van der Waals surface area contributed by atoms with Crippen molar-refractivity contribution in [1.29, 1.82) is 0 Å². The van der Waals surface area contributed by atoms with Gasteiger partial charge in [0.05, 0.1) is 16.9 Å². The standard InChI is InChI=1S/C23H19F3N4OS2/c1-13-8-9-17(10-14(13)2)30(15(3)31)22-27-16(12-33-22)11-32-20-18-6-4-5-7-19(18)28-21(29-20)23(24,25)26/h4-10,12H,11H2,1-3H3. The summed E-state index contributed by atoms with van der Waals surface area (Å²) >= 11 is 2.46. The number of amides is 1. The lowest BCUT2D eigenvalue weighted by atomic mass is 10.1. The summed E-state index contributed by atoms with van der Waals surface area (Å²) in [5, 5.41) is 3.09. The van der Waals surface area contributed by atoms with Crippen LogP contribution in [0.5, 0.6) is 0 Å². The number of anilines is 2. The molecule has 0 radical (unpaired) electrons. The number of halogens is 3. The van der Waals surface area contributed by atoms with Gasteiger partial charge in [0.1, 0.15) is 5.03 Å². The molecule has 2 aromatic heterocycles. The molecule has 1 amide bonds. The van der Waals surface area contributed by atoms with Crippen molar-refractivity contribution in [2.75, 3.05) is 4.90 Å². The number of thioether (sulfide) groups is 1. The third-order valence-electron chi connectivity index (χ3n) is 4.97. The fourth-order valence-electron chi connectivity index (χ4n) is 3.18. The van der Waals surface area contributed by atoms with Crippen molar-refractivity contribution >= 4 is 50.7 Å². The highest BCUT2D eigenvalue weighted by Crippen LogP contribution is 2.35. The molecule has 0 N–H and O–H groups in total. The van der Waals surface area contributed by atoms with Crippen molar-refractivity contribution in [3.63, 3.8) is 0 Å². The first-order chi connectivity index (χ1) is 15.6. The number of nitrogens with zero attached hydrogens (tertiary/aromatic N) is 4. The predicted molar refractivity (Wildman–Crippen MR) is 125 cm³/mol. The molecule has 5 nitrogen and oxygen atoms in total. The largest absolute Gasteiger partial charge is 0.451 e. The van der Waals surface area contributed by atoms with Gasteiger partial charge in [-0.1, -0.05) is 36.0 Å². The molecule has 0 unspecified atom stereocenters. The van der Waals surface area contributed by atoms with E-state index in [0.717, 1.165) is 28.6 Å². The van der Waals surface area contributed by atoms with Crippen LogP contribution in [0.2, 0.25) is 0 Å². The van der Waals surface area contributed by atoms with E-state index < -0.39 is 12.0 Å². The Hall–Kier alpha value is -2.98. The van der Waals surface area contributed by atoms with Crippen molar-refractivity contribution in [3.05, 3.63) is 70.5 Å². The van der Waals surface area contributed by atoms with Gasteiger partial charge < -0.3 is 0 Å². The number of fused-ring (bicyclic) bond motifs is 1. The van der Waals surface area contributed by atoms with E-state index in [1.807, 2.05) is 32.0 Å². The van der Waals surface area contributed by atoms with E-state index >= 15 is 0 Å². The average molecular weight is 489 g/mol. The minimum Gasteiger partial charge on any atom is -0.274 e. The fourth-order valence-corrected chi connectivity index (χ4v) is 5.09. The summed E-state index contributed by atoms with van der Waals surface area (Å²) in [6.45, 7) is 5.44. The number of aromatic nitrogens is 3. The van der Waals surface area contributed by atoms with Gasteiger partial charge in [-0.25, -0.2) is 15.0 Å². The number of aryl methyl sites for hydroxylation is 2. The van der Waals surface area contributed by atoms with Crippen LogP contribution in [0, 0.1) is 13.8 Å². The Morgan fingerprint density at radius 3 is 2.52 bits per heavy atom. The van der Waals surface area contributed by atoms with Crippen LogP contribution in [0.25, 0.3) is 10.9 Å². The van der Waals surface area contributed by atoms with Crippen molar-refractivity contribution in [2.45, 2.75) is 37.7 Å². The van der Waals surface area contributed by atoms with Gasteiger partial charge in [0.15, 0.2) is 5.13 Å². The zero-order valence-corrected chi connectivity index (χ0v) is 19.6. The summed E-state index contributed by atoms with van der Waals surface area (Å²) in [4.78, 5) is 25.9. The molecule has 0 aliphatic rings. The summed E-state index contributed by atoms with van der Waals surface area (Å²) in [6, 6.07) is 12.3. The molecule has 0 atom stereocenters. The summed E-state index contributed by atoms with van der Waals surface area (Å²) in [7, 11) is 0. The number of carbonyl (C=O) groups excluding carboxylic acids is 1. The predicted octanol–water partition coefficient (Wildman–Crippen LogP) is 6.70. The SMILES string of the molecule is CC(=O)N(c1ccc(C)c(C)c1)c1nc(CSc2nc(C(F)(F)F)nc3ccccc23)cs1. The second-order valence-electron chi connectivity index (χ2n) is 7.40. The van der Waals surface area contributed by atoms with E-state index in [9.17, 15) is 18.0 Å². The fraction of sp³-hybridized carbons (Fsp3) is 0.217. The maximum Gasteiger partial charge on any atom is 0.451 e. The van der Waals surface area contributed by atoms with Crippen LogP contribution < -0.4 is 4.90 Å². The number of benzene rings is 2. The van der Waals surface area contributed by atoms with Gasteiger partial charge in [0, 0.05) is 23.4 Å². The van der Waals surface area contributed by atoms with Crippen LogP contribution in [0.15, 0.2) is 52.9 Å². The van der Waals surface area contributed by atoms with Crippen LogP contribution in [0.1, 0.15) is 29.6 Å². The van der Waals surface area contributed by atoms with Gasteiger partial charge in [0.2, 0.25) is 11.7 Å². The van der Waals surface area contributed by atoms with Gasteiger partial charge in [-0.05, 0) is 43.2 Å². The molecule has 4 aromatic rings. The van der Waals surface area contributed by atoms with E-state index in [-0.39, 0.29) is 16.4 Å². The van der Waals surface area contributed by atoms with Crippen molar-refractivity contribution in [2.24, 2.45) is 0 Å². The van der Waals surface area contributed by atoms with Crippen molar-refractivity contribution in [1.82, 2.24) is 15.0 Å². The smallest absolute Gasteiger partial charge is 0.274 e. The summed E-state index contributed by atoms with van der Waals surface area (Å²) in [6.07, 6.45) is -4.64. The first-order valence-corrected chi connectivity index (χ1v) is 11.8. The molecule has 10 heteroatoms. The number of rotatable bonds is 5. The second kappa shape index (κ2) is 9.11. The van der Waals surface area contributed by atoms with Gasteiger partial charge >= 0.3 is 6.18 Å². The minimum absolute atomic E-state index is 0.177. The lowest BCUT2D eigenvalue weighted by Gasteiger charge is -2.19. The summed E-state index contributed by atoms with van der Waals surface area (Å²) in [5.41, 5.74) is 3.77. The highest BCUT2D eigenvalue weighted by Gasteiger charge is 2.35. The van der Waals surface area contributed by atoms with Gasteiger partial charge in [-0.2, -0.15) is 13.2 Å². The van der Waals surface area contributed by atoms with Crippen LogP contribution in [-0.2, 0) is 16.7 Å². The summed E-state index contributed by atoms with van der Waals surface area (Å²) in [5.74, 6) is -1.04. The molecule has 0 spiro atoms. The van der Waals surface area contributed by atoms with Crippen LogP contribution >= 0.6 is 23.1 Å². The molecule has 0 saturated heterocycles. The highest BCUT2D eigenvalue weighted by molar-refractivity contribution is 7.98. The second-order valence-corrected chi connectivity index (χ2v) is 9.20. The normalized spacial score (nSPS) is 11.7. The van der Waals surface area contributed by atoms with E-state index in [4.69, 9.17) is 0 Å². The molecule has 2 aromatic carbocycles. The zero-order chi connectivity index (χ0) is 23.8. The molecule has 33 heavy (non-hydrogen) atoms. The first-order valence-electron chi connectivity index (χ1n) is 9.92. The molecule has 0 bridgehead atoms. The quantitative estimate of drug-likeness (QED) is 0.231. The molecular weight excluding hydrogens is 469 g/mol. The molecule has 0 saturated carbocycles. The third kappa shape index (κ3) is 5.01. The van der Waals surface area contributed by atoms with Gasteiger partial charge in [-0.3, -0.25) is 9.69 Å².